The second-order valence-electron chi connectivity index (χ2n) is 4.32. The van der Waals surface area contributed by atoms with Gasteiger partial charge in [0.25, 0.3) is 5.91 Å². The zero-order valence-electron chi connectivity index (χ0n) is 11.5. The summed E-state index contributed by atoms with van der Waals surface area (Å²) in [6.07, 6.45) is 1.55. The fourth-order valence-electron chi connectivity index (χ4n) is 1.74. The molecule has 0 spiro atoms. The average Bonchev–Trinajstić information content (AvgIpc) is 2.49. The van der Waals surface area contributed by atoms with Gasteiger partial charge in [-0.1, -0.05) is 29.5 Å². The summed E-state index contributed by atoms with van der Waals surface area (Å²) in [6, 6.07) is 8.76. The minimum Gasteiger partial charge on any atom is -0.320 e. The monoisotopic (exact) mass is 299 g/mol. The summed E-state index contributed by atoms with van der Waals surface area (Å²) in [6.45, 7) is 2.11. The number of carbonyl (C=O) groups is 1. The Morgan fingerprint density at radius 3 is 3.00 bits per heavy atom. The molecule has 0 radical (unpaired) electrons. The Morgan fingerprint density at radius 2 is 2.24 bits per heavy atom. The third-order valence-electron chi connectivity index (χ3n) is 2.80. The average molecular weight is 300 g/mol. The molecule has 0 aliphatic rings. The predicted octanol–water partition coefficient (Wildman–Crippen LogP) is 2.61. The third kappa shape index (κ3) is 3.82. The van der Waals surface area contributed by atoms with Gasteiger partial charge >= 0.3 is 0 Å². The molecule has 2 rings (SSSR count). The number of aromatic nitrogens is 1. The molecule has 4 nitrogen and oxygen atoms in total. The molecule has 0 saturated heterocycles. The number of pyridine rings is 1. The molecule has 1 aromatic carbocycles. The molecule has 0 aliphatic heterocycles. The van der Waals surface area contributed by atoms with Crippen LogP contribution in [-0.2, 0) is 0 Å². The molecular weight excluding hydrogens is 286 g/mol. The number of halogens is 1. The first kappa shape index (κ1) is 15.0. The highest BCUT2D eigenvalue weighted by molar-refractivity contribution is 6.31. The van der Waals surface area contributed by atoms with Crippen LogP contribution in [0.3, 0.4) is 0 Å². The van der Waals surface area contributed by atoms with Gasteiger partial charge in [-0.05, 0) is 36.8 Å². The van der Waals surface area contributed by atoms with E-state index >= 15 is 0 Å². The molecule has 0 bridgehead atoms. The predicted molar refractivity (Wildman–Crippen MR) is 84.3 cm³/mol. The number of rotatable bonds is 2. The Bertz CT molecular complexity index is 732. The largest absolute Gasteiger partial charge is 0.320 e. The highest BCUT2D eigenvalue weighted by Crippen LogP contribution is 2.21. The number of anilines is 1. The van der Waals surface area contributed by atoms with Crippen molar-refractivity contribution in [3.05, 3.63) is 58.4 Å². The maximum absolute atomic E-state index is 12.3. The lowest BCUT2D eigenvalue weighted by Gasteiger charge is -2.09. The van der Waals surface area contributed by atoms with Crippen molar-refractivity contribution >= 4 is 23.2 Å². The molecule has 106 valence electrons. The molecule has 5 heteroatoms. The zero-order chi connectivity index (χ0) is 15.2. The van der Waals surface area contributed by atoms with Gasteiger partial charge in [0.15, 0.2) is 0 Å². The van der Waals surface area contributed by atoms with Gasteiger partial charge in [0.1, 0.15) is 5.69 Å². The Hall–Kier alpha value is -2.35. The smallest absolute Gasteiger partial charge is 0.275 e. The van der Waals surface area contributed by atoms with Crippen LogP contribution in [-0.4, -0.2) is 17.4 Å². The van der Waals surface area contributed by atoms with Crippen molar-refractivity contribution in [1.82, 2.24) is 4.98 Å². The van der Waals surface area contributed by atoms with E-state index in [4.69, 9.17) is 17.3 Å². The van der Waals surface area contributed by atoms with Crippen LogP contribution < -0.4 is 11.1 Å². The van der Waals surface area contributed by atoms with Gasteiger partial charge in [-0.15, -0.1) is 0 Å². The van der Waals surface area contributed by atoms with E-state index in [1.165, 1.54) is 0 Å². The van der Waals surface area contributed by atoms with E-state index in [9.17, 15) is 4.79 Å². The second-order valence-corrected chi connectivity index (χ2v) is 4.76. The first-order valence-corrected chi connectivity index (χ1v) is 6.71. The van der Waals surface area contributed by atoms with Crippen LogP contribution in [0.5, 0.6) is 0 Å². The highest BCUT2D eigenvalue weighted by Gasteiger charge is 2.13. The normalized spacial score (nSPS) is 9.67. The number of nitrogens with one attached hydrogen (secondary N) is 1. The van der Waals surface area contributed by atoms with E-state index < -0.39 is 0 Å². The fourth-order valence-corrected chi connectivity index (χ4v) is 1.92. The van der Waals surface area contributed by atoms with Crippen LogP contribution >= 0.6 is 11.6 Å². The summed E-state index contributed by atoms with van der Waals surface area (Å²) in [4.78, 5) is 16.4. The molecule has 0 unspecified atom stereocenters. The number of aryl methyl sites for hydroxylation is 1. The molecule has 1 aromatic heterocycles. The first-order chi connectivity index (χ1) is 10.1. The summed E-state index contributed by atoms with van der Waals surface area (Å²) in [5.41, 5.74) is 7.72. The Kier molecular flexibility index (Phi) is 4.94. The SMILES string of the molecule is Cc1ccc(Cl)cc1NC(=O)c1ncccc1C#CCN. The van der Waals surface area contributed by atoms with Gasteiger partial charge in [0.05, 0.1) is 12.1 Å². The van der Waals surface area contributed by atoms with Crippen molar-refractivity contribution in [1.29, 1.82) is 0 Å². The van der Waals surface area contributed by atoms with Crippen molar-refractivity contribution in [2.45, 2.75) is 6.92 Å². The van der Waals surface area contributed by atoms with Crippen molar-refractivity contribution < 1.29 is 4.79 Å². The van der Waals surface area contributed by atoms with Gasteiger partial charge < -0.3 is 11.1 Å². The number of amides is 1. The van der Waals surface area contributed by atoms with E-state index in [0.717, 1.165) is 5.56 Å². The van der Waals surface area contributed by atoms with Crippen molar-refractivity contribution in [3.63, 3.8) is 0 Å². The molecule has 0 atom stereocenters. The molecule has 0 fully saturated rings. The molecule has 21 heavy (non-hydrogen) atoms. The number of carbonyl (C=O) groups excluding carboxylic acids is 1. The number of hydrogen-bond acceptors (Lipinski definition) is 3. The van der Waals surface area contributed by atoms with E-state index in [0.29, 0.717) is 16.3 Å². The number of hydrogen-bond donors (Lipinski definition) is 2. The highest BCUT2D eigenvalue weighted by atomic mass is 35.5. The van der Waals surface area contributed by atoms with Crippen LogP contribution in [0.15, 0.2) is 36.5 Å². The lowest BCUT2D eigenvalue weighted by atomic mass is 10.1. The van der Waals surface area contributed by atoms with Crippen LogP contribution in [0.25, 0.3) is 0 Å². The fraction of sp³-hybridized carbons (Fsp3) is 0.125. The van der Waals surface area contributed by atoms with Crippen molar-refractivity contribution in [2.24, 2.45) is 5.73 Å². The lowest BCUT2D eigenvalue weighted by Crippen LogP contribution is -2.16. The Morgan fingerprint density at radius 1 is 1.43 bits per heavy atom. The van der Waals surface area contributed by atoms with Gasteiger partial charge in [0.2, 0.25) is 0 Å². The number of nitrogens with two attached hydrogens (primary N) is 1. The van der Waals surface area contributed by atoms with Crippen molar-refractivity contribution in [3.8, 4) is 11.8 Å². The van der Waals surface area contributed by atoms with Gasteiger partial charge in [-0.2, -0.15) is 0 Å². The zero-order valence-corrected chi connectivity index (χ0v) is 12.2. The van der Waals surface area contributed by atoms with E-state index in [2.05, 4.69) is 22.1 Å². The van der Waals surface area contributed by atoms with Gasteiger partial charge in [-0.25, -0.2) is 4.98 Å². The number of nitrogens with zero attached hydrogens (tertiary/aromatic N) is 1. The van der Waals surface area contributed by atoms with E-state index in [1.54, 1.807) is 30.5 Å². The van der Waals surface area contributed by atoms with Crippen molar-refractivity contribution in [2.75, 3.05) is 11.9 Å². The molecule has 3 N–H and O–H groups in total. The minimum atomic E-state index is -0.331. The molecule has 0 saturated carbocycles. The van der Waals surface area contributed by atoms with Crippen LogP contribution in [0.2, 0.25) is 5.02 Å². The standard InChI is InChI=1S/C16H14ClN3O/c1-11-6-7-13(17)10-14(11)20-16(21)15-12(4-2-8-18)5-3-9-19-15/h3,5-7,9-10H,8,18H2,1H3,(H,20,21). The van der Waals surface area contributed by atoms with Crippen LogP contribution in [0.4, 0.5) is 5.69 Å². The first-order valence-electron chi connectivity index (χ1n) is 6.33. The summed E-state index contributed by atoms with van der Waals surface area (Å²) in [5, 5.41) is 3.35. The van der Waals surface area contributed by atoms with Crippen LogP contribution in [0, 0.1) is 18.8 Å². The topological polar surface area (TPSA) is 68.0 Å². The Balaban J connectivity index is 2.31. The number of benzene rings is 1. The summed E-state index contributed by atoms with van der Waals surface area (Å²) in [7, 11) is 0. The Labute approximate surface area is 128 Å². The summed E-state index contributed by atoms with van der Waals surface area (Å²) >= 11 is 5.94. The third-order valence-corrected chi connectivity index (χ3v) is 3.03. The van der Waals surface area contributed by atoms with E-state index in [1.807, 2.05) is 13.0 Å². The molecule has 2 aromatic rings. The van der Waals surface area contributed by atoms with Gasteiger partial charge in [0, 0.05) is 16.9 Å². The quantitative estimate of drug-likeness (QED) is 0.838. The van der Waals surface area contributed by atoms with Crippen LogP contribution in [0.1, 0.15) is 21.6 Å². The molecular formula is C16H14ClN3O. The maximum atomic E-state index is 12.3. The summed E-state index contributed by atoms with van der Waals surface area (Å²) in [5.74, 6) is 5.23. The molecule has 0 aliphatic carbocycles. The molecule has 1 heterocycles. The molecule has 1 amide bonds. The second kappa shape index (κ2) is 6.89. The van der Waals surface area contributed by atoms with E-state index in [-0.39, 0.29) is 18.1 Å². The lowest BCUT2D eigenvalue weighted by molar-refractivity contribution is 0.102. The summed E-state index contributed by atoms with van der Waals surface area (Å²) < 4.78 is 0. The van der Waals surface area contributed by atoms with Gasteiger partial charge in [-0.3, -0.25) is 4.79 Å². The minimum absolute atomic E-state index is 0.226. The maximum Gasteiger partial charge on any atom is 0.275 e.